The Morgan fingerprint density at radius 2 is 2.26 bits per heavy atom. The number of benzene rings is 1. The SMILES string of the molecule is CC(CCO)NC(=O)C1CSC(c2ccccc2)=N1. The van der Waals surface area contributed by atoms with Gasteiger partial charge in [-0.1, -0.05) is 30.3 Å². The monoisotopic (exact) mass is 278 g/mol. The van der Waals surface area contributed by atoms with Crippen molar-refractivity contribution < 1.29 is 9.90 Å². The maximum Gasteiger partial charge on any atom is 0.245 e. The Balaban J connectivity index is 1.97. The van der Waals surface area contributed by atoms with Crippen molar-refractivity contribution in [2.75, 3.05) is 12.4 Å². The number of rotatable bonds is 5. The molecule has 1 aliphatic heterocycles. The highest BCUT2D eigenvalue weighted by Crippen LogP contribution is 2.23. The topological polar surface area (TPSA) is 61.7 Å². The lowest BCUT2D eigenvalue weighted by Gasteiger charge is -2.14. The first-order valence-electron chi connectivity index (χ1n) is 6.38. The van der Waals surface area contributed by atoms with E-state index >= 15 is 0 Å². The molecule has 0 aliphatic carbocycles. The van der Waals surface area contributed by atoms with E-state index in [0.29, 0.717) is 12.2 Å². The van der Waals surface area contributed by atoms with Crippen LogP contribution in [-0.4, -0.2) is 40.5 Å². The van der Waals surface area contributed by atoms with E-state index in [-0.39, 0.29) is 24.6 Å². The fraction of sp³-hybridized carbons (Fsp3) is 0.429. The highest BCUT2D eigenvalue weighted by atomic mass is 32.2. The van der Waals surface area contributed by atoms with Gasteiger partial charge in [0.2, 0.25) is 5.91 Å². The predicted octanol–water partition coefficient (Wildman–Crippen LogP) is 1.44. The molecule has 0 radical (unpaired) electrons. The molecule has 0 fully saturated rings. The molecule has 0 saturated heterocycles. The third-order valence-corrected chi connectivity index (χ3v) is 4.02. The van der Waals surface area contributed by atoms with Gasteiger partial charge in [0.05, 0.1) is 5.04 Å². The number of aliphatic hydroxyl groups excluding tert-OH is 1. The lowest BCUT2D eigenvalue weighted by atomic mass is 10.2. The van der Waals surface area contributed by atoms with Crippen LogP contribution < -0.4 is 5.32 Å². The predicted molar refractivity (Wildman–Crippen MR) is 78.5 cm³/mol. The van der Waals surface area contributed by atoms with Gasteiger partial charge in [-0.3, -0.25) is 9.79 Å². The highest BCUT2D eigenvalue weighted by molar-refractivity contribution is 8.14. The minimum absolute atomic E-state index is 0.0153. The van der Waals surface area contributed by atoms with Crippen LogP contribution in [0.25, 0.3) is 0 Å². The molecule has 2 N–H and O–H groups in total. The fourth-order valence-corrected chi connectivity index (χ4v) is 2.90. The van der Waals surface area contributed by atoms with Crippen molar-refractivity contribution in [3.05, 3.63) is 35.9 Å². The second-order valence-electron chi connectivity index (χ2n) is 4.55. The van der Waals surface area contributed by atoms with Crippen LogP contribution in [0.5, 0.6) is 0 Å². The molecule has 1 aromatic rings. The molecular formula is C14H18N2O2S. The maximum atomic E-state index is 12.0. The van der Waals surface area contributed by atoms with Gasteiger partial charge in [0.15, 0.2) is 0 Å². The number of hydrogen-bond acceptors (Lipinski definition) is 4. The minimum atomic E-state index is -0.318. The van der Waals surface area contributed by atoms with E-state index in [4.69, 9.17) is 5.11 Å². The lowest BCUT2D eigenvalue weighted by Crippen LogP contribution is -2.39. The first-order valence-corrected chi connectivity index (χ1v) is 7.36. The molecule has 4 nitrogen and oxygen atoms in total. The summed E-state index contributed by atoms with van der Waals surface area (Å²) < 4.78 is 0. The summed E-state index contributed by atoms with van der Waals surface area (Å²) in [5, 5.41) is 12.6. The third kappa shape index (κ3) is 3.81. The Labute approximate surface area is 117 Å². The van der Waals surface area contributed by atoms with E-state index < -0.39 is 0 Å². The molecule has 0 bridgehead atoms. The van der Waals surface area contributed by atoms with Crippen molar-refractivity contribution >= 4 is 22.7 Å². The van der Waals surface area contributed by atoms with Gasteiger partial charge in [-0.15, -0.1) is 11.8 Å². The number of carbonyl (C=O) groups is 1. The van der Waals surface area contributed by atoms with Crippen LogP contribution in [0.4, 0.5) is 0 Å². The standard InChI is InChI=1S/C14H18N2O2S/c1-10(7-8-17)15-13(18)12-9-19-14(16-12)11-5-3-2-4-6-11/h2-6,10,12,17H,7-9H2,1H3,(H,15,18). The summed E-state index contributed by atoms with van der Waals surface area (Å²) in [5.74, 6) is 0.626. The molecular weight excluding hydrogens is 260 g/mol. The second-order valence-corrected chi connectivity index (χ2v) is 5.56. The van der Waals surface area contributed by atoms with Crippen LogP contribution in [0.1, 0.15) is 18.9 Å². The summed E-state index contributed by atoms with van der Waals surface area (Å²) in [6, 6.07) is 9.57. The van der Waals surface area contributed by atoms with E-state index in [0.717, 1.165) is 10.6 Å². The van der Waals surface area contributed by atoms with Crippen molar-refractivity contribution in [2.45, 2.75) is 25.4 Å². The van der Waals surface area contributed by atoms with Crippen LogP contribution in [0.2, 0.25) is 0 Å². The van der Waals surface area contributed by atoms with Crippen molar-refractivity contribution in [2.24, 2.45) is 4.99 Å². The normalized spacial score (nSPS) is 19.9. The second kappa shape index (κ2) is 6.73. The van der Waals surface area contributed by atoms with Gasteiger partial charge in [-0.25, -0.2) is 0 Å². The largest absolute Gasteiger partial charge is 0.396 e. The molecule has 1 aliphatic rings. The zero-order valence-electron chi connectivity index (χ0n) is 10.9. The Bertz CT molecular complexity index is 462. The number of thioether (sulfide) groups is 1. The number of aliphatic hydroxyl groups is 1. The number of carbonyl (C=O) groups excluding carboxylic acids is 1. The van der Waals surface area contributed by atoms with E-state index in [1.54, 1.807) is 11.8 Å². The zero-order chi connectivity index (χ0) is 13.7. The minimum Gasteiger partial charge on any atom is -0.396 e. The van der Waals surface area contributed by atoms with Gasteiger partial charge in [0.1, 0.15) is 6.04 Å². The number of amides is 1. The number of nitrogens with one attached hydrogen (secondary N) is 1. The van der Waals surface area contributed by atoms with E-state index in [2.05, 4.69) is 10.3 Å². The molecule has 2 unspecified atom stereocenters. The fourth-order valence-electron chi connectivity index (χ4n) is 1.85. The van der Waals surface area contributed by atoms with E-state index in [9.17, 15) is 4.79 Å². The lowest BCUT2D eigenvalue weighted by molar-refractivity contribution is -0.122. The van der Waals surface area contributed by atoms with Gasteiger partial charge in [-0.2, -0.15) is 0 Å². The summed E-state index contributed by atoms with van der Waals surface area (Å²) in [6.45, 7) is 1.97. The Morgan fingerprint density at radius 3 is 2.95 bits per heavy atom. The molecule has 0 aromatic heterocycles. The number of aliphatic imine (C=N–C) groups is 1. The summed E-state index contributed by atoms with van der Waals surface area (Å²) in [5.41, 5.74) is 1.06. The van der Waals surface area contributed by atoms with Crippen molar-refractivity contribution in [3.8, 4) is 0 Å². The van der Waals surface area contributed by atoms with Gasteiger partial charge in [0.25, 0.3) is 0 Å². The Kier molecular flexibility index (Phi) is 4.99. The molecule has 0 saturated carbocycles. The quantitative estimate of drug-likeness (QED) is 0.856. The highest BCUT2D eigenvalue weighted by Gasteiger charge is 2.26. The molecule has 2 rings (SSSR count). The first kappa shape index (κ1) is 14.1. The van der Waals surface area contributed by atoms with Crippen molar-refractivity contribution in [3.63, 3.8) is 0 Å². The average Bonchev–Trinajstić information content (AvgIpc) is 2.89. The van der Waals surface area contributed by atoms with E-state index in [1.807, 2.05) is 37.3 Å². The van der Waals surface area contributed by atoms with Crippen LogP contribution in [0, 0.1) is 0 Å². The van der Waals surface area contributed by atoms with Gasteiger partial charge in [0, 0.05) is 24.0 Å². The Hall–Kier alpha value is -1.33. The van der Waals surface area contributed by atoms with Gasteiger partial charge >= 0.3 is 0 Å². The Morgan fingerprint density at radius 1 is 1.53 bits per heavy atom. The summed E-state index contributed by atoms with van der Waals surface area (Å²) in [7, 11) is 0. The first-order chi connectivity index (χ1) is 9.20. The number of nitrogens with zero attached hydrogens (tertiary/aromatic N) is 1. The molecule has 2 atom stereocenters. The molecule has 1 amide bonds. The summed E-state index contributed by atoms with van der Waals surface area (Å²) >= 11 is 1.61. The molecule has 1 heterocycles. The molecule has 102 valence electrons. The van der Waals surface area contributed by atoms with Gasteiger partial charge < -0.3 is 10.4 Å². The van der Waals surface area contributed by atoms with Crippen LogP contribution in [0.15, 0.2) is 35.3 Å². The van der Waals surface area contributed by atoms with Crippen LogP contribution >= 0.6 is 11.8 Å². The zero-order valence-corrected chi connectivity index (χ0v) is 11.7. The summed E-state index contributed by atoms with van der Waals surface area (Å²) in [6.07, 6.45) is 0.570. The van der Waals surface area contributed by atoms with E-state index in [1.165, 1.54) is 0 Å². The number of hydrogen-bond donors (Lipinski definition) is 2. The molecule has 0 spiro atoms. The average molecular weight is 278 g/mol. The maximum absolute atomic E-state index is 12.0. The molecule has 1 aromatic carbocycles. The third-order valence-electron chi connectivity index (χ3n) is 2.93. The van der Waals surface area contributed by atoms with Crippen LogP contribution in [0.3, 0.4) is 0 Å². The summed E-state index contributed by atoms with van der Waals surface area (Å²) in [4.78, 5) is 16.5. The molecule has 19 heavy (non-hydrogen) atoms. The van der Waals surface area contributed by atoms with Crippen LogP contribution in [-0.2, 0) is 4.79 Å². The van der Waals surface area contributed by atoms with Crippen molar-refractivity contribution in [1.29, 1.82) is 0 Å². The van der Waals surface area contributed by atoms with Crippen molar-refractivity contribution in [1.82, 2.24) is 5.32 Å². The molecule has 5 heteroatoms. The smallest absolute Gasteiger partial charge is 0.245 e. The van der Waals surface area contributed by atoms with Gasteiger partial charge in [-0.05, 0) is 13.3 Å².